The fourth-order valence-electron chi connectivity index (χ4n) is 5.30. The van der Waals surface area contributed by atoms with Gasteiger partial charge in [0, 0.05) is 35.7 Å². The number of carbonyl (C=O) groups excluding carboxylic acids is 2. The lowest BCUT2D eigenvalue weighted by atomic mass is 9.86. The number of benzene rings is 2. The number of hydrogen-bond acceptors (Lipinski definition) is 5. The summed E-state index contributed by atoms with van der Waals surface area (Å²) in [5.74, 6) is -0.683. The second-order valence-electron chi connectivity index (χ2n) is 9.90. The van der Waals surface area contributed by atoms with Gasteiger partial charge in [0.05, 0.1) is 16.0 Å². The van der Waals surface area contributed by atoms with Crippen molar-refractivity contribution in [2.24, 2.45) is 0 Å². The van der Waals surface area contributed by atoms with Crippen molar-refractivity contribution in [3.8, 4) is 0 Å². The molecule has 0 fully saturated rings. The summed E-state index contributed by atoms with van der Waals surface area (Å²) in [4.78, 5) is 31.3. The number of nitrogens with zero attached hydrogens (tertiary/aromatic N) is 1. The monoisotopic (exact) mass is 582 g/mol. The minimum atomic E-state index is -4.00. The molecular formula is C30H35FN4O5S. The number of aromatic amines is 1. The van der Waals surface area contributed by atoms with Crippen molar-refractivity contribution in [1.82, 2.24) is 15.2 Å². The number of amides is 2. The molecule has 218 valence electrons. The lowest BCUT2D eigenvalue weighted by molar-refractivity contribution is -0.110. The molecule has 41 heavy (non-hydrogen) atoms. The molecule has 1 aromatic heterocycles. The van der Waals surface area contributed by atoms with Crippen LogP contribution in [-0.2, 0) is 21.3 Å². The van der Waals surface area contributed by atoms with Crippen molar-refractivity contribution in [2.75, 3.05) is 31.5 Å². The third-order valence-electron chi connectivity index (χ3n) is 7.35. The molecule has 1 aliphatic carbocycles. The van der Waals surface area contributed by atoms with Crippen molar-refractivity contribution >= 4 is 38.8 Å². The molecule has 0 radical (unpaired) electrons. The van der Waals surface area contributed by atoms with Crippen LogP contribution in [0.4, 0.5) is 10.1 Å². The lowest BCUT2D eigenvalue weighted by Gasteiger charge is -2.19. The molecule has 0 saturated heterocycles. The first-order valence-corrected chi connectivity index (χ1v) is 15.1. The number of carbonyl (C=O) groups is 2. The van der Waals surface area contributed by atoms with Crippen LogP contribution in [0.2, 0.25) is 0 Å². The number of rotatable bonds is 7. The molecule has 11 heteroatoms. The Balaban J connectivity index is 0.000000328. The molecule has 0 atom stereocenters. The Bertz CT molecular complexity index is 1580. The van der Waals surface area contributed by atoms with E-state index >= 15 is 0 Å². The molecule has 2 amide bonds. The summed E-state index contributed by atoms with van der Waals surface area (Å²) in [7, 11) is -4.00. The summed E-state index contributed by atoms with van der Waals surface area (Å²) in [5, 5.41) is 5.88. The van der Waals surface area contributed by atoms with Crippen LogP contribution in [0.15, 0.2) is 53.4 Å². The van der Waals surface area contributed by atoms with Crippen LogP contribution in [0.3, 0.4) is 0 Å². The highest BCUT2D eigenvalue weighted by Gasteiger charge is 2.33. The van der Waals surface area contributed by atoms with Crippen LogP contribution in [0.25, 0.3) is 11.1 Å². The number of fused-ring (bicyclic) bond motifs is 2. The maximum Gasteiger partial charge on any atom is 0.294 e. The number of halogens is 1. The predicted molar refractivity (Wildman–Crippen MR) is 157 cm³/mol. The van der Waals surface area contributed by atoms with E-state index in [0.717, 1.165) is 55.0 Å². The van der Waals surface area contributed by atoms with Crippen LogP contribution >= 0.6 is 0 Å². The zero-order valence-corrected chi connectivity index (χ0v) is 24.2. The first-order valence-electron chi connectivity index (χ1n) is 13.6. The Kier molecular flexibility index (Phi) is 9.42. The number of anilines is 1. The van der Waals surface area contributed by atoms with Gasteiger partial charge in [0.25, 0.3) is 21.9 Å². The number of nitrogens with one attached hydrogen (secondary N) is 3. The van der Waals surface area contributed by atoms with Gasteiger partial charge in [-0.15, -0.1) is 0 Å². The summed E-state index contributed by atoms with van der Waals surface area (Å²) in [5.41, 5.74) is 5.82. The quantitative estimate of drug-likeness (QED) is 0.237. The average Bonchev–Trinajstić information content (AvgIpc) is 3.46. The van der Waals surface area contributed by atoms with Gasteiger partial charge in [-0.25, -0.2) is 4.39 Å². The number of hydrogen-bond donors (Lipinski definition) is 4. The Hall–Kier alpha value is -3.80. The average molecular weight is 583 g/mol. The standard InChI is InChI=1S/C24H29FN4O2.C6H6O3S/c1-4-29(5-2)12-11-26-23(30)20-14(3)27-22-16(20)7-6-8-17(22)21-18-13-15(25)9-10-19(18)28-24(21)31;7-10(8,9)6-4-2-1-3-5-6/h9-10,13,27H,4-8,11-12H2,1-3H3,(H,26,30)(H,28,31);1-5H,(H,7,8,9)/b21-17-;. The van der Waals surface area contributed by atoms with Crippen LogP contribution < -0.4 is 10.6 Å². The first-order chi connectivity index (χ1) is 19.5. The van der Waals surface area contributed by atoms with Crippen molar-refractivity contribution in [2.45, 2.75) is 44.9 Å². The number of H-pyrrole nitrogens is 1. The zero-order valence-electron chi connectivity index (χ0n) is 23.4. The highest BCUT2D eigenvalue weighted by Crippen LogP contribution is 2.43. The zero-order chi connectivity index (χ0) is 29.7. The van der Waals surface area contributed by atoms with E-state index in [-0.39, 0.29) is 22.5 Å². The number of likely N-dealkylation sites (N-methyl/N-ethyl adjacent to an activating group) is 1. The van der Waals surface area contributed by atoms with Crippen molar-refractivity contribution < 1.29 is 27.0 Å². The molecule has 2 aliphatic rings. The van der Waals surface area contributed by atoms with Gasteiger partial charge in [0.15, 0.2) is 0 Å². The van der Waals surface area contributed by atoms with E-state index in [0.29, 0.717) is 35.4 Å². The fourth-order valence-corrected chi connectivity index (χ4v) is 5.80. The Morgan fingerprint density at radius 1 is 1.10 bits per heavy atom. The molecule has 2 heterocycles. The summed E-state index contributed by atoms with van der Waals surface area (Å²) < 4.78 is 43.1. The van der Waals surface area contributed by atoms with Gasteiger partial charge >= 0.3 is 0 Å². The Morgan fingerprint density at radius 3 is 2.44 bits per heavy atom. The van der Waals surface area contributed by atoms with Crippen LogP contribution in [0.1, 0.15) is 59.6 Å². The summed E-state index contributed by atoms with van der Waals surface area (Å²) in [6.45, 7) is 9.40. The summed E-state index contributed by atoms with van der Waals surface area (Å²) in [6, 6.07) is 11.8. The van der Waals surface area contributed by atoms with Gasteiger partial charge in [-0.05, 0) is 80.7 Å². The van der Waals surface area contributed by atoms with Gasteiger partial charge in [-0.1, -0.05) is 32.0 Å². The van der Waals surface area contributed by atoms with Crippen LogP contribution in [0, 0.1) is 12.7 Å². The SMILES string of the molecule is CCN(CC)CCNC(=O)c1c(C)[nH]c2c1CCC/C2=C1/C(=O)Nc2ccc(F)cc21.O=S(=O)(O)c1ccccc1. The minimum absolute atomic E-state index is 0.0741. The minimum Gasteiger partial charge on any atom is -0.358 e. The van der Waals surface area contributed by atoms with E-state index in [1.807, 2.05) is 6.92 Å². The fraction of sp³-hybridized carbons (Fsp3) is 0.333. The van der Waals surface area contributed by atoms with Gasteiger partial charge in [0.2, 0.25) is 0 Å². The molecule has 5 rings (SSSR count). The van der Waals surface area contributed by atoms with Crippen LogP contribution in [0.5, 0.6) is 0 Å². The maximum absolute atomic E-state index is 13.9. The summed E-state index contributed by atoms with van der Waals surface area (Å²) in [6.07, 6.45) is 2.31. The molecule has 0 spiro atoms. The number of allylic oxidation sites excluding steroid dienone is 1. The number of aromatic nitrogens is 1. The van der Waals surface area contributed by atoms with E-state index < -0.39 is 10.1 Å². The molecular weight excluding hydrogens is 547 g/mol. The predicted octanol–water partition coefficient (Wildman–Crippen LogP) is 4.67. The molecule has 0 saturated carbocycles. The molecule has 3 aromatic rings. The van der Waals surface area contributed by atoms with E-state index in [1.54, 1.807) is 24.3 Å². The van der Waals surface area contributed by atoms with Crippen molar-refractivity contribution in [3.05, 3.63) is 82.4 Å². The lowest BCUT2D eigenvalue weighted by Crippen LogP contribution is -2.35. The topological polar surface area (TPSA) is 132 Å². The molecule has 1 aliphatic heterocycles. The van der Waals surface area contributed by atoms with Gasteiger partial charge < -0.3 is 20.5 Å². The Labute approximate surface area is 239 Å². The van der Waals surface area contributed by atoms with Gasteiger partial charge in [-0.2, -0.15) is 8.42 Å². The number of aryl methyl sites for hydroxylation is 1. The van der Waals surface area contributed by atoms with Crippen LogP contribution in [-0.4, -0.2) is 60.8 Å². The largest absolute Gasteiger partial charge is 0.358 e. The van der Waals surface area contributed by atoms with Crippen molar-refractivity contribution in [1.29, 1.82) is 0 Å². The molecule has 2 aromatic carbocycles. The van der Waals surface area contributed by atoms with Gasteiger partial charge in [-0.3, -0.25) is 14.1 Å². The van der Waals surface area contributed by atoms with E-state index in [4.69, 9.17) is 4.55 Å². The highest BCUT2D eigenvalue weighted by atomic mass is 32.2. The Morgan fingerprint density at radius 2 is 1.80 bits per heavy atom. The van der Waals surface area contributed by atoms with Gasteiger partial charge in [0.1, 0.15) is 5.82 Å². The smallest absolute Gasteiger partial charge is 0.294 e. The summed E-state index contributed by atoms with van der Waals surface area (Å²) >= 11 is 0. The second-order valence-corrected chi connectivity index (χ2v) is 11.3. The highest BCUT2D eigenvalue weighted by molar-refractivity contribution is 7.85. The second kappa shape index (κ2) is 12.8. The van der Waals surface area contributed by atoms with E-state index in [9.17, 15) is 22.4 Å². The first kappa shape index (κ1) is 30.2. The van der Waals surface area contributed by atoms with E-state index in [1.165, 1.54) is 24.3 Å². The third-order valence-corrected chi connectivity index (χ3v) is 8.22. The normalized spacial score (nSPS) is 16.0. The van der Waals surface area contributed by atoms with Crippen molar-refractivity contribution in [3.63, 3.8) is 0 Å². The molecule has 0 unspecified atom stereocenters. The van der Waals surface area contributed by atoms with E-state index in [2.05, 4.69) is 34.4 Å². The third kappa shape index (κ3) is 6.75. The molecule has 0 bridgehead atoms. The maximum atomic E-state index is 13.9. The molecule has 9 nitrogen and oxygen atoms in total. The molecule has 4 N–H and O–H groups in total.